The predicted molar refractivity (Wildman–Crippen MR) is 35.1 cm³/mol. The van der Waals surface area contributed by atoms with Crippen LogP contribution >= 0.6 is 0 Å². The van der Waals surface area contributed by atoms with Crippen molar-refractivity contribution in [3.05, 3.63) is 12.2 Å². The van der Waals surface area contributed by atoms with E-state index in [2.05, 4.69) is 10.6 Å². The molecule has 0 aromatic carbocycles. The van der Waals surface area contributed by atoms with E-state index in [0.29, 0.717) is 6.54 Å². The summed E-state index contributed by atoms with van der Waals surface area (Å²) in [7, 11) is 0. The zero-order valence-corrected chi connectivity index (χ0v) is 5.35. The van der Waals surface area contributed by atoms with Gasteiger partial charge in [-0.2, -0.15) is 0 Å². The zero-order valence-electron chi connectivity index (χ0n) is 5.35. The molecular formula is C6H10N2O. The van der Waals surface area contributed by atoms with Crippen molar-refractivity contribution in [2.24, 2.45) is 0 Å². The largest absolute Gasteiger partial charge is 0.335 e. The smallest absolute Gasteiger partial charge is 0.315 e. The average molecular weight is 126 g/mol. The van der Waals surface area contributed by atoms with Crippen LogP contribution in [0.2, 0.25) is 0 Å². The highest BCUT2D eigenvalue weighted by Crippen LogP contribution is 1.87. The van der Waals surface area contributed by atoms with Crippen LogP contribution in [0.5, 0.6) is 0 Å². The summed E-state index contributed by atoms with van der Waals surface area (Å²) in [6.07, 6.45) is 3.89. The first-order valence-corrected chi connectivity index (χ1v) is 3.00. The molecule has 2 N–H and O–H groups in total. The van der Waals surface area contributed by atoms with Crippen LogP contribution in [0.3, 0.4) is 0 Å². The molecule has 3 heteroatoms. The third kappa shape index (κ3) is 1.76. The molecule has 50 valence electrons. The lowest BCUT2D eigenvalue weighted by Gasteiger charge is -2.04. The van der Waals surface area contributed by atoms with Gasteiger partial charge in [0.05, 0.1) is 0 Å². The summed E-state index contributed by atoms with van der Waals surface area (Å²) in [4.78, 5) is 10.6. The van der Waals surface area contributed by atoms with Gasteiger partial charge in [0.25, 0.3) is 0 Å². The third-order valence-corrected chi connectivity index (χ3v) is 1.16. The van der Waals surface area contributed by atoms with E-state index in [1.165, 1.54) is 0 Å². The van der Waals surface area contributed by atoms with Crippen LogP contribution in [0, 0.1) is 0 Å². The molecule has 0 spiro atoms. The number of carbonyl (C=O) groups is 1. The van der Waals surface area contributed by atoms with Crippen molar-refractivity contribution in [2.45, 2.75) is 13.0 Å². The Bertz CT molecular complexity index is 142. The molecular weight excluding hydrogens is 116 g/mol. The second-order valence-corrected chi connectivity index (χ2v) is 2.07. The van der Waals surface area contributed by atoms with Gasteiger partial charge in [-0.25, -0.2) is 4.79 Å². The summed E-state index contributed by atoms with van der Waals surface area (Å²) in [6, 6.07) is 0.0694. The van der Waals surface area contributed by atoms with Crippen molar-refractivity contribution >= 4 is 6.03 Å². The molecule has 1 aliphatic heterocycles. The van der Waals surface area contributed by atoms with Crippen LogP contribution in [-0.4, -0.2) is 18.6 Å². The number of amides is 2. The van der Waals surface area contributed by atoms with Crippen LogP contribution in [0.25, 0.3) is 0 Å². The van der Waals surface area contributed by atoms with E-state index < -0.39 is 0 Å². The summed E-state index contributed by atoms with van der Waals surface area (Å²) < 4.78 is 0. The average Bonchev–Trinajstić information content (AvgIpc) is 1.93. The number of rotatable bonds is 0. The maximum Gasteiger partial charge on any atom is 0.315 e. The summed E-state index contributed by atoms with van der Waals surface area (Å²) in [5, 5.41) is 5.34. The van der Waals surface area contributed by atoms with Crippen molar-refractivity contribution in [3.63, 3.8) is 0 Å². The summed E-state index contributed by atoms with van der Waals surface area (Å²) in [6.45, 7) is 2.57. The first-order chi connectivity index (χ1) is 4.29. The quantitative estimate of drug-likeness (QED) is 0.449. The van der Waals surface area contributed by atoms with Gasteiger partial charge in [0.2, 0.25) is 0 Å². The molecule has 2 amide bonds. The van der Waals surface area contributed by atoms with E-state index >= 15 is 0 Å². The number of nitrogens with one attached hydrogen (secondary N) is 2. The van der Waals surface area contributed by atoms with E-state index in [4.69, 9.17) is 0 Å². The number of hydrogen-bond acceptors (Lipinski definition) is 1. The summed E-state index contributed by atoms with van der Waals surface area (Å²) in [5.41, 5.74) is 0. The Morgan fingerprint density at radius 1 is 1.78 bits per heavy atom. The molecule has 1 aliphatic rings. The fourth-order valence-electron chi connectivity index (χ4n) is 0.730. The van der Waals surface area contributed by atoms with Crippen molar-refractivity contribution in [1.82, 2.24) is 10.6 Å². The molecule has 1 heterocycles. The molecule has 3 nitrogen and oxygen atoms in total. The van der Waals surface area contributed by atoms with Crippen LogP contribution < -0.4 is 10.6 Å². The monoisotopic (exact) mass is 126 g/mol. The lowest BCUT2D eigenvalue weighted by Crippen LogP contribution is -2.37. The minimum absolute atomic E-state index is 0.0903. The van der Waals surface area contributed by atoms with Gasteiger partial charge in [-0.05, 0) is 6.92 Å². The van der Waals surface area contributed by atoms with Gasteiger partial charge >= 0.3 is 6.03 Å². The molecule has 0 saturated carbocycles. The predicted octanol–water partition coefficient (Wildman–Crippen LogP) is 0.244. The lowest BCUT2D eigenvalue weighted by atomic mass is 10.3. The van der Waals surface area contributed by atoms with Gasteiger partial charge in [0.15, 0.2) is 0 Å². The van der Waals surface area contributed by atoms with Crippen LogP contribution in [0.1, 0.15) is 6.92 Å². The van der Waals surface area contributed by atoms with Gasteiger partial charge in [-0.15, -0.1) is 0 Å². The number of hydrogen-bond donors (Lipinski definition) is 2. The molecule has 0 aliphatic carbocycles. The fourth-order valence-corrected chi connectivity index (χ4v) is 0.730. The highest BCUT2D eigenvalue weighted by atomic mass is 16.2. The summed E-state index contributed by atoms with van der Waals surface area (Å²) in [5.74, 6) is 0. The van der Waals surface area contributed by atoms with E-state index in [-0.39, 0.29) is 12.1 Å². The number of carbonyl (C=O) groups excluding carboxylic acids is 1. The first-order valence-electron chi connectivity index (χ1n) is 3.00. The molecule has 0 unspecified atom stereocenters. The topological polar surface area (TPSA) is 41.1 Å². The first kappa shape index (κ1) is 6.13. The molecule has 0 aromatic heterocycles. The van der Waals surface area contributed by atoms with E-state index in [0.717, 1.165) is 0 Å². The maximum absolute atomic E-state index is 10.6. The van der Waals surface area contributed by atoms with Crippen molar-refractivity contribution < 1.29 is 4.79 Å². The fraction of sp³-hybridized carbons (Fsp3) is 0.500. The molecule has 9 heavy (non-hydrogen) atoms. The maximum atomic E-state index is 10.6. The Morgan fingerprint density at radius 3 is 3.33 bits per heavy atom. The van der Waals surface area contributed by atoms with E-state index in [1.807, 2.05) is 19.1 Å². The van der Waals surface area contributed by atoms with Crippen molar-refractivity contribution in [1.29, 1.82) is 0 Å². The molecule has 1 rings (SSSR count). The standard InChI is InChI=1S/C6H10N2O/c1-5-3-2-4-7-6(9)8-5/h2-3,5H,4H2,1H3,(H2,7,8,9)/t5-/m1/s1. The van der Waals surface area contributed by atoms with Gasteiger partial charge < -0.3 is 10.6 Å². The third-order valence-electron chi connectivity index (χ3n) is 1.16. The molecule has 0 fully saturated rings. The van der Waals surface area contributed by atoms with E-state index in [1.54, 1.807) is 0 Å². The lowest BCUT2D eigenvalue weighted by molar-refractivity contribution is 0.241. The normalized spacial score (nSPS) is 26.3. The Labute approximate surface area is 54.1 Å². The van der Waals surface area contributed by atoms with Crippen LogP contribution in [0.15, 0.2) is 12.2 Å². The second kappa shape index (κ2) is 2.53. The van der Waals surface area contributed by atoms with Gasteiger partial charge in [-0.3, -0.25) is 0 Å². The Kier molecular flexibility index (Phi) is 1.72. The molecule has 0 radical (unpaired) electrons. The van der Waals surface area contributed by atoms with Gasteiger partial charge in [0.1, 0.15) is 0 Å². The van der Waals surface area contributed by atoms with E-state index in [9.17, 15) is 4.79 Å². The Morgan fingerprint density at radius 2 is 2.56 bits per heavy atom. The van der Waals surface area contributed by atoms with Crippen LogP contribution in [-0.2, 0) is 0 Å². The van der Waals surface area contributed by atoms with Crippen molar-refractivity contribution in [3.8, 4) is 0 Å². The van der Waals surface area contributed by atoms with Crippen LogP contribution in [0.4, 0.5) is 4.79 Å². The van der Waals surface area contributed by atoms with Gasteiger partial charge in [0, 0.05) is 12.6 Å². The molecule has 1 atom stereocenters. The zero-order chi connectivity index (χ0) is 6.69. The SMILES string of the molecule is C[C@@H]1C=CCNC(=O)N1. The minimum Gasteiger partial charge on any atom is -0.335 e. The molecule has 0 bridgehead atoms. The highest BCUT2D eigenvalue weighted by molar-refractivity contribution is 5.74. The Balaban J connectivity index is 2.50. The second-order valence-electron chi connectivity index (χ2n) is 2.07. The van der Waals surface area contributed by atoms with Crippen molar-refractivity contribution in [2.75, 3.05) is 6.54 Å². The number of urea groups is 1. The van der Waals surface area contributed by atoms with Gasteiger partial charge in [-0.1, -0.05) is 12.2 Å². The molecule has 0 saturated heterocycles. The highest BCUT2D eigenvalue weighted by Gasteiger charge is 2.04. The molecule has 0 aromatic rings. The Hall–Kier alpha value is -0.990. The minimum atomic E-state index is -0.0903. The summed E-state index contributed by atoms with van der Waals surface area (Å²) >= 11 is 0.